The smallest absolute Gasteiger partial charge is 0.234 e. The van der Waals surface area contributed by atoms with Crippen molar-refractivity contribution in [2.24, 2.45) is 0 Å². The van der Waals surface area contributed by atoms with E-state index in [-0.39, 0.29) is 5.91 Å². The van der Waals surface area contributed by atoms with Crippen molar-refractivity contribution in [2.75, 3.05) is 38.0 Å². The third kappa shape index (κ3) is 5.06. The number of aryl methyl sites for hydroxylation is 2. The summed E-state index contributed by atoms with van der Waals surface area (Å²) in [6.45, 7) is 7.82. The zero-order valence-corrected chi connectivity index (χ0v) is 16.3. The van der Waals surface area contributed by atoms with E-state index in [9.17, 15) is 4.79 Å². The van der Waals surface area contributed by atoms with Gasteiger partial charge in [-0.05, 0) is 56.1 Å². The minimum absolute atomic E-state index is 0.138. The van der Waals surface area contributed by atoms with E-state index >= 15 is 0 Å². The summed E-state index contributed by atoms with van der Waals surface area (Å²) in [6, 6.07) is 4.46. The molecule has 0 radical (unpaired) electrons. The van der Waals surface area contributed by atoms with Crippen molar-refractivity contribution in [1.82, 2.24) is 15.1 Å². The minimum atomic E-state index is 0.138. The quantitative estimate of drug-likeness (QED) is 0.786. The Morgan fingerprint density at radius 2 is 1.92 bits per heavy atom. The molecule has 2 N–H and O–H groups in total. The van der Waals surface area contributed by atoms with Crippen LogP contribution in [0, 0.1) is 13.8 Å². The number of anilines is 1. The molecule has 1 saturated carbocycles. The number of carbonyl (C=O) groups excluding carboxylic acids is 1. The summed E-state index contributed by atoms with van der Waals surface area (Å²) in [4.78, 5) is 16.2. The summed E-state index contributed by atoms with van der Waals surface area (Å²) in [5.41, 5.74) is 3.10. The Morgan fingerprint density at radius 3 is 2.52 bits per heavy atom. The predicted molar refractivity (Wildman–Crippen MR) is 106 cm³/mol. The molecule has 1 amide bonds. The van der Waals surface area contributed by atoms with Gasteiger partial charge in [-0.3, -0.25) is 9.69 Å². The van der Waals surface area contributed by atoms with Crippen molar-refractivity contribution >= 4 is 40.5 Å². The minimum Gasteiger partial charge on any atom is -0.352 e. The van der Waals surface area contributed by atoms with Crippen molar-refractivity contribution in [3.05, 3.63) is 28.3 Å². The average molecular weight is 381 g/mol. The number of nitrogens with zero attached hydrogens (tertiary/aromatic N) is 2. The molecule has 3 rings (SSSR count). The van der Waals surface area contributed by atoms with Gasteiger partial charge < -0.3 is 15.5 Å². The predicted octanol–water partition coefficient (Wildman–Crippen LogP) is 2.55. The highest BCUT2D eigenvalue weighted by molar-refractivity contribution is 7.80. The van der Waals surface area contributed by atoms with E-state index < -0.39 is 0 Å². The van der Waals surface area contributed by atoms with Gasteiger partial charge in [0.1, 0.15) is 0 Å². The molecule has 25 heavy (non-hydrogen) atoms. The molecule has 0 bridgehead atoms. The first-order valence-corrected chi connectivity index (χ1v) is 9.55. The molecular formula is C18H25ClN4OS. The number of piperazine rings is 1. The summed E-state index contributed by atoms with van der Waals surface area (Å²) in [6.07, 6.45) is 2.25. The summed E-state index contributed by atoms with van der Waals surface area (Å²) >= 11 is 11.9. The highest BCUT2D eigenvalue weighted by atomic mass is 35.5. The van der Waals surface area contributed by atoms with E-state index in [0.717, 1.165) is 55.8 Å². The number of nitrogens with one attached hydrogen (secondary N) is 2. The lowest BCUT2D eigenvalue weighted by Crippen LogP contribution is -2.52. The van der Waals surface area contributed by atoms with Gasteiger partial charge in [-0.25, -0.2) is 0 Å². The van der Waals surface area contributed by atoms with E-state index in [1.54, 1.807) is 0 Å². The molecular weight excluding hydrogens is 356 g/mol. The Bertz CT molecular complexity index is 646. The summed E-state index contributed by atoms with van der Waals surface area (Å²) in [5.74, 6) is 0.138. The van der Waals surface area contributed by atoms with Gasteiger partial charge in [-0.2, -0.15) is 0 Å². The van der Waals surface area contributed by atoms with Gasteiger partial charge in [-0.15, -0.1) is 0 Å². The molecule has 1 heterocycles. The maximum Gasteiger partial charge on any atom is 0.234 e. The Balaban J connectivity index is 1.49. The fourth-order valence-corrected chi connectivity index (χ4v) is 3.73. The second-order valence-corrected chi connectivity index (χ2v) is 7.77. The zero-order chi connectivity index (χ0) is 18.0. The summed E-state index contributed by atoms with van der Waals surface area (Å²) in [7, 11) is 0. The fourth-order valence-electron chi connectivity index (χ4n) is 3.07. The molecule has 1 aromatic rings. The van der Waals surface area contributed by atoms with Crippen LogP contribution in [0.1, 0.15) is 24.0 Å². The maximum atomic E-state index is 11.9. The molecule has 0 aromatic heterocycles. The number of hydrogen-bond donors (Lipinski definition) is 2. The highest BCUT2D eigenvalue weighted by Crippen LogP contribution is 2.27. The zero-order valence-electron chi connectivity index (χ0n) is 14.8. The van der Waals surface area contributed by atoms with E-state index in [1.165, 1.54) is 0 Å². The number of hydrogen-bond acceptors (Lipinski definition) is 3. The second kappa shape index (κ2) is 7.89. The highest BCUT2D eigenvalue weighted by Gasteiger charge is 2.25. The molecule has 136 valence electrons. The lowest BCUT2D eigenvalue weighted by molar-refractivity contribution is -0.122. The molecule has 2 fully saturated rings. The Labute approximate surface area is 159 Å². The number of carbonyl (C=O) groups is 1. The Hall–Kier alpha value is -1.37. The second-order valence-electron chi connectivity index (χ2n) is 6.97. The first kappa shape index (κ1) is 18.4. The fraction of sp³-hybridized carbons (Fsp3) is 0.556. The third-order valence-electron chi connectivity index (χ3n) is 4.63. The summed E-state index contributed by atoms with van der Waals surface area (Å²) < 4.78 is 0. The van der Waals surface area contributed by atoms with Crippen LogP contribution >= 0.6 is 23.8 Å². The molecule has 0 spiro atoms. The molecule has 1 aliphatic heterocycles. The van der Waals surface area contributed by atoms with Gasteiger partial charge >= 0.3 is 0 Å². The van der Waals surface area contributed by atoms with E-state index in [4.69, 9.17) is 23.8 Å². The monoisotopic (exact) mass is 380 g/mol. The SMILES string of the molecule is Cc1cc(C)c(NC(=S)N2CCN(CC(=O)NC3CC3)CC2)c(Cl)c1. The third-order valence-corrected chi connectivity index (χ3v) is 5.29. The van der Waals surface area contributed by atoms with Crippen LogP contribution < -0.4 is 10.6 Å². The van der Waals surface area contributed by atoms with Crippen LogP contribution in [0.4, 0.5) is 5.69 Å². The molecule has 1 saturated heterocycles. The molecule has 1 aromatic carbocycles. The number of benzene rings is 1. The average Bonchev–Trinajstić information content (AvgIpc) is 3.35. The lowest BCUT2D eigenvalue weighted by Gasteiger charge is -2.36. The molecule has 0 atom stereocenters. The van der Waals surface area contributed by atoms with Gasteiger partial charge in [0.25, 0.3) is 0 Å². The van der Waals surface area contributed by atoms with Crippen LogP contribution in [0.5, 0.6) is 0 Å². The van der Waals surface area contributed by atoms with E-state index in [2.05, 4.69) is 26.5 Å². The van der Waals surface area contributed by atoms with Crippen LogP contribution in [0.3, 0.4) is 0 Å². The van der Waals surface area contributed by atoms with Crippen molar-refractivity contribution < 1.29 is 4.79 Å². The largest absolute Gasteiger partial charge is 0.352 e. The van der Waals surface area contributed by atoms with Crippen LogP contribution in [-0.2, 0) is 4.79 Å². The Morgan fingerprint density at radius 1 is 1.24 bits per heavy atom. The molecule has 2 aliphatic rings. The first-order valence-electron chi connectivity index (χ1n) is 8.77. The number of amides is 1. The molecule has 0 unspecified atom stereocenters. The lowest BCUT2D eigenvalue weighted by atomic mass is 10.1. The van der Waals surface area contributed by atoms with Gasteiger partial charge in [-0.1, -0.05) is 17.7 Å². The van der Waals surface area contributed by atoms with Crippen LogP contribution in [0.15, 0.2) is 12.1 Å². The van der Waals surface area contributed by atoms with E-state index in [1.807, 2.05) is 19.9 Å². The van der Waals surface area contributed by atoms with Gasteiger partial charge in [0.15, 0.2) is 5.11 Å². The number of rotatable bonds is 4. The van der Waals surface area contributed by atoms with Crippen LogP contribution in [0.25, 0.3) is 0 Å². The number of halogens is 1. The number of thiocarbonyl (C=S) groups is 1. The van der Waals surface area contributed by atoms with Crippen LogP contribution in [0.2, 0.25) is 5.02 Å². The maximum absolute atomic E-state index is 11.9. The van der Waals surface area contributed by atoms with Crippen molar-refractivity contribution in [3.63, 3.8) is 0 Å². The molecule has 5 nitrogen and oxygen atoms in total. The van der Waals surface area contributed by atoms with Crippen molar-refractivity contribution in [3.8, 4) is 0 Å². The van der Waals surface area contributed by atoms with Gasteiger partial charge in [0.2, 0.25) is 5.91 Å². The first-order chi connectivity index (χ1) is 11.9. The molecule has 7 heteroatoms. The van der Waals surface area contributed by atoms with Gasteiger partial charge in [0.05, 0.1) is 17.3 Å². The van der Waals surface area contributed by atoms with E-state index in [0.29, 0.717) is 22.7 Å². The Kier molecular flexibility index (Phi) is 5.81. The standard InChI is InChI=1S/C18H25ClN4OS/c1-12-9-13(2)17(15(19)10-12)21-18(25)23-7-5-22(6-8-23)11-16(24)20-14-3-4-14/h9-10,14H,3-8,11H2,1-2H3,(H,20,24)(H,21,25). The van der Waals surface area contributed by atoms with Crippen LogP contribution in [-0.4, -0.2) is 59.6 Å². The normalized spacial score (nSPS) is 18.1. The van der Waals surface area contributed by atoms with Crippen molar-refractivity contribution in [2.45, 2.75) is 32.7 Å². The van der Waals surface area contributed by atoms with Crippen molar-refractivity contribution in [1.29, 1.82) is 0 Å². The summed E-state index contributed by atoms with van der Waals surface area (Å²) in [5, 5.41) is 7.71. The molecule has 1 aliphatic carbocycles. The van der Waals surface area contributed by atoms with Gasteiger partial charge in [0, 0.05) is 32.2 Å². The topological polar surface area (TPSA) is 47.6 Å².